The third kappa shape index (κ3) is 4.52. The van der Waals surface area contributed by atoms with Crippen LogP contribution in [0.15, 0.2) is 84.9 Å². The minimum Gasteiger partial charge on any atom is -0.497 e. The van der Waals surface area contributed by atoms with Crippen molar-refractivity contribution >= 4 is 5.91 Å². The minimum absolute atomic E-state index is 0.0285. The predicted octanol–water partition coefficient (Wildman–Crippen LogP) is 3.25. The van der Waals surface area contributed by atoms with Crippen molar-refractivity contribution < 1.29 is 9.53 Å². The molecule has 30 heavy (non-hydrogen) atoms. The molecule has 1 aromatic heterocycles. The van der Waals surface area contributed by atoms with Gasteiger partial charge in [-0.3, -0.25) is 4.79 Å². The molecule has 0 bridgehead atoms. The molecule has 150 valence electrons. The zero-order valence-electron chi connectivity index (χ0n) is 16.5. The number of hydrogen-bond donors (Lipinski definition) is 1. The normalized spacial score (nSPS) is 11.6. The summed E-state index contributed by atoms with van der Waals surface area (Å²) in [6.07, 6.45) is 0. The number of nitrogens with zero attached hydrogens (tertiary/aromatic N) is 4. The summed E-state index contributed by atoms with van der Waals surface area (Å²) in [5.74, 6) is 1.03. The molecule has 7 heteroatoms. The molecule has 0 aliphatic carbocycles. The van der Waals surface area contributed by atoms with Crippen LogP contribution in [0.4, 0.5) is 0 Å². The maximum atomic E-state index is 12.8. The Hall–Kier alpha value is -4.00. The predicted molar refractivity (Wildman–Crippen MR) is 113 cm³/mol. The fourth-order valence-electron chi connectivity index (χ4n) is 3.15. The molecule has 0 radical (unpaired) electrons. The molecule has 0 spiro atoms. The van der Waals surface area contributed by atoms with Gasteiger partial charge in [0.05, 0.1) is 13.2 Å². The van der Waals surface area contributed by atoms with Gasteiger partial charge in [-0.25, -0.2) is 0 Å². The minimum atomic E-state index is -0.304. The first kappa shape index (κ1) is 19.3. The van der Waals surface area contributed by atoms with Crippen molar-refractivity contribution in [3.63, 3.8) is 0 Å². The number of ether oxygens (including phenoxy) is 1. The Balaban J connectivity index is 1.51. The van der Waals surface area contributed by atoms with Crippen molar-refractivity contribution in [2.75, 3.05) is 7.11 Å². The second-order valence-corrected chi connectivity index (χ2v) is 6.69. The van der Waals surface area contributed by atoms with E-state index < -0.39 is 0 Å². The molecule has 4 aromatic rings. The summed E-state index contributed by atoms with van der Waals surface area (Å²) in [6.45, 7) is -0.0285. The van der Waals surface area contributed by atoms with Gasteiger partial charge >= 0.3 is 0 Å². The molecule has 0 saturated carbocycles. The van der Waals surface area contributed by atoms with Gasteiger partial charge in [-0.15, -0.1) is 10.2 Å². The highest BCUT2D eigenvalue weighted by Gasteiger charge is 2.18. The molecule has 0 saturated heterocycles. The molecule has 0 fully saturated rings. The maximum absolute atomic E-state index is 12.8. The lowest BCUT2D eigenvalue weighted by atomic mass is 9.98. The van der Waals surface area contributed by atoms with Crippen LogP contribution in [-0.2, 0) is 11.3 Å². The number of carbonyl (C=O) groups excluding carboxylic acids is 1. The Morgan fingerprint density at radius 2 is 1.57 bits per heavy atom. The van der Waals surface area contributed by atoms with Gasteiger partial charge in [-0.1, -0.05) is 72.8 Å². The van der Waals surface area contributed by atoms with Crippen molar-refractivity contribution in [2.45, 2.75) is 12.6 Å². The van der Waals surface area contributed by atoms with E-state index >= 15 is 0 Å². The van der Waals surface area contributed by atoms with Gasteiger partial charge < -0.3 is 10.1 Å². The Bertz CT molecular complexity index is 1100. The van der Waals surface area contributed by atoms with E-state index in [1.165, 1.54) is 4.80 Å². The molecular formula is C23H21N5O2. The van der Waals surface area contributed by atoms with Gasteiger partial charge in [0, 0.05) is 5.56 Å². The van der Waals surface area contributed by atoms with Crippen LogP contribution in [0.25, 0.3) is 11.4 Å². The third-order valence-corrected chi connectivity index (χ3v) is 4.66. The van der Waals surface area contributed by atoms with E-state index in [0.29, 0.717) is 5.82 Å². The molecule has 3 aromatic carbocycles. The van der Waals surface area contributed by atoms with E-state index in [-0.39, 0.29) is 18.5 Å². The van der Waals surface area contributed by atoms with Crippen molar-refractivity contribution in [2.24, 2.45) is 0 Å². The number of hydrogen-bond acceptors (Lipinski definition) is 5. The summed E-state index contributed by atoms with van der Waals surface area (Å²) in [5.41, 5.74) is 2.78. The first-order valence-electron chi connectivity index (χ1n) is 9.54. The Morgan fingerprint density at radius 3 is 2.23 bits per heavy atom. The van der Waals surface area contributed by atoms with Crippen LogP contribution in [0.5, 0.6) is 5.75 Å². The van der Waals surface area contributed by atoms with Crippen molar-refractivity contribution in [3.8, 4) is 17.1 Å². The Labute approximate surface area is 174 Å². The van der Waals surface area contributed by atoms with Crippen LogP contribution < -0.4 is 10.1 Å². The van der Waals surface area contributed by atoms with Crippen molar-refractivity contribution in [1.82, 2.24) is 25.5 Å². The van der Waals surface area contributed by atoms with Crippen LogP contribution in [0.1, 0.15) is 17.2 Å². The smallest absolute Gasteiger partial charge is 0.244 e. The van der Waals surface area contributed by atoms with Crippen LogP contribution in [0.2, 0.25) is 0 Å². The van der Waals surface area contributed by atoms with Gasteiger partial charge in [0.25, 0.3) is 0 Å². The maximum Gasteiger partial charge on any atom is 0.244 e. The number of aromatic nitrogens is 4. The molecule has 4 rings (SSSR count). The molecule has 1 N–H and O–H groups in total. The van der Waals surface area contributed by atoms with Gasteiger partial charge in [-0.05, 0) is 28.5 Å². The second kappa shape index (κ2) is 9.00. The average Bonchev–Trinajstić information content (AvgIpc) is 3.27. The molecule has 1 unspecified atom stereocenters. The highest BCUT2D eigenvalue weighted by Crippen LogP contribution is 2.24. The van der Waals surface area contributed by atoms with Crippen LogP contribution in [-0.4, -0.2) is 33.2 Å². The monoisotopic (exact) mass is 399 g/mol. The van der Waals surface area contributed by atoms with E-state index in [0.717, 1.165) is 22.4 Å². The fraction of sp³-hybridized carbons (Fsp3) is 0.130. The standard InChI is InChI=1S/C23H21N5O2/c1-30-20-14-12-18(13-15-20)22(17-8-4-2-5-9-17)24-21(29)16-28-26-23(25-27-28)19-10-6-3-7-11-19/h2-15,22H,16H2,1H3,(H,24,29). The number of tetrazole rings is 1. The topological polar surface area (TPSA) is 81.9 Å². The van der Waals surface area contributed by atoms with E-state index in [1.54, 1.807) is 7.11 Å². The average molecular weight is 399 g/mol. The molecule has 1 heterocycles. The first-order chi connectivity index (χ1) is 14.7. The zero-order valence-corrected chi connectivity index (χ0v) is 16.5. The van der Waals surface area contributed by atoms with E-state index in [2.05, 4.69) is 20.7 Å². The third-order valence-electron chi connectivity index (χ3n) is 4.66. The largest absolute Gasteiger partial charge is 0.497 e. The highest BCUT2D eigenvalue weighted by atomic mass is 16.5. The lowest BCUT2D eigenvalue weighted by Gasteiger charge is -2.20. The molecule has 0 aliphatic rings. The number of carbonyl (C=O) groups is 1. The summed E-state index contributed by atoms with van der Waals surface area (Å²) in [4.78, 5) is 14.1. The number of amides is 1. The molecule has 1 amide bonds. The van der Waals surface area contributed by atoms with Crippen molar-refractivity contribution in [1.29, 1.82) is 0 Å². The zero-order chi connectivity index (χ0) is 20.8. The number of rotatable bonds is 7. The summed E-state index contributed by atoms with van der Waals surface area (Å²) in [7, 11) is 1.63. The van der Waals surface area contributed by atoms with E-state index in [1.807, 2.05) is 84.9 Å². The van der Waals surface area contributed by atoms with Gasteiger partial charge in [0.2, 0.25) is 11.7 Å². The van der Waals surface area contributed by atoms with Gasteiger partial charge in [0.1, 0.15) is 12.3 Å². The highest BCUT2D eigenvalue weighted by molar-refractivity contribution is 5.76. The van der Waals surface area contributed by atoms with E-state index in [4.69, 9.17) is 4.74 Å². The molecule has 0 aliphatic heterocycles. The Morgan fingerprint density at radius 1 is 0.933 bits per heavy atom. The quantitative estimate of drug-likeness (QED) is 0.516. The summed E-state index contributed by atoms with van der Waals surface area (Å²) in [5, 5.41) is 15.4. The van der Waals surface area contributed by atoms with Gasteiger partial charge in [0.15, 0.2) is 0 Å². The number of benzene rings is 3. The molecular weight excluding hydrogens is 378 g/mol. The SMILES string of the molecule is COc1ccc(C(NC(=O)Cn2nnc(-c3ccccc3)n2)c2ccccc2)cc1. The fourth-order valence-corrected chi connectivity index (χ4v) is 3.15. The second-order valence-electron chi connectivity index (χ2n) is 6.69. The van der Waals surface area contributed by atoms with Crippen LogP contribution in [0, 0.1) is 0 Å². The lowest BCUT2D eigenvalue weighted by Crippen LogP contribution is -2.32. The first-order valence-corrected chi connectivity index (χ1v) is 9.54. The van der Waals surface area contributed by atoms with E-state index in [9.17, 15) is 4.79 Å². The number of nitrogens with one attached hydrogen (secondary N) is 1. The summed E-state index contributed by atoms with van der Waals surface area (Å²) >= 11 is 0. The molecule has 7 nitrogen and oxygen atoms in total. The van der Waals surface area contributed by atoms with Crippen LogP contribution >= 0.6 is 0 Å². The Kier molecular flexibility index (Phi) is 5.80. The number of methoxy groups -OCH3 is 1. The molecule has 1 atom stereocenters. The van der Waals surface area contributed by atoms with Gasteiger partial charge in [-0.2, -0.15) is 4.80 Å². The van der Waals surface area contributed by atoms with Crippen molar-refractivity contribution in [3.05, 3.63) is 96.1 Å². The summed E-state index contributed by atoms with van der Waals surface area (Å²) < 4.78 is 5.24. The summed E-state index contributed by atoms with van der Waals surface area (Å²) in [6, 6.07) is 26.7. The van der Waals surface area contributed by atoms with Crippen LogP contribution in [0.3, 0.4) is 0 Å². The lowest BCUT2D eigenvalue weighted by molar-refractivity contribution is -0.122.